The van der Waals surface area contributed by atoms with Gasteiger partial charge in [-0.25, -0.2) is 0 Å². The Balaban J connectivity index is 1.38. The number of nitrogens with one attached hydrogen (secondary N) is 2. The van der Waals surface area contributed by atoms with Crippen LogP contribution >= 0.6 is 0 Å². The van der Waals surface area contributed by atoms with E-state index in [4.69, 9.17) is 14.2 Å². The molecule has 0 saturated carbocycles. The van der Waals surface area contributed by atoms with E-state index in [9.17, 15) is 4.79 Å². The number of carbonyl (C=O) groups is 1. The fraction of sp³-hybridized carbons (Fsp3) is 0.367. The quantitative estimate of drug-likeness (QED) is 0.413. The number of hydrogen-bond donors (Lipinski definition) is 2. The third-order valence-corrected chi connectivity index (χ3v) is 6.43. The van der Waals surface area contributed by atoms with Gasteiger partial charge in [0, 0.05) is 22.5 Å². The molecule has 7 nitrogen and oxygen atoms in total. The van der Waals surface area contributed by atoms with Gasteiger partial charge >= 0.3 is 0 Å². The Labute approximate surface area is 219 Å². The SMILES string of the molecule is CCOc1cc(C(=O)Nc2ccc(N3CC[NH+](Cc4ccccc4)CC3)cc2)cc(OCC)c1OCC. The minimum atomic E-state index is -0.226. The van der Waals surface area contributed by atoms with Crippen molar-refractivity contribution in [1.29, 1.82) is 0 Å². The Hall–Kier alpha value is -3.71. The summed E-state index contributed by atoms with van der Waals surface area (Å²) in [6.45, 7) is 12.4. The molecular weight excluding hydrogens is 466 g/mol. The van der Waals surface area contributed by atoms with E-state index >= 15 is 0 Å². The molecule has 0 bridgehead atoms. The van der Waals surface area contributed by atoms with Crippen LogP contribution in [0, 0.1) is 0 Å². The van der Waals surface area contributed by atoms with Crippen molar-refractivity contribution in [2.24, 2.45) is 0 Å². The Morgan fingerprint density at radius 2 is 1.43 bits per heavy atom. The normalized spacial score (nSPS) is 13.8. The average Bonchev–Trinajstić information content (AvgIpc) is 2.92. The summed E-state index contributed by atoms with van der Waals surface area (Å²) in [6.07, 6.45) is 0. The van der Waals surface area contributed by atoms with E-state index < -0.39 is 0 Å². The van der Waals surface area contributed by atoms with E-state index in [1.54, 1.807) is 17.0 Å². The maximum Gasteiger partial charge on any atom is 0.255 e. The van der Waals surface area contributed by atoms with E-state index in [2.05, 4.69) is 52.7 Å². The first-order chi connectivity index (χ1) is 18.1. The molecule has 3 aromatic carbocycles. The van der Waals surface area contributed by atoms with Crippen LogP contribution in [0.2, 0.25) is 0 Å². The monoisotopic (exact) mass is 504 g/mol. The van der Waals surface area contributed by atoms with Gasteiger partial charge in [-0.1, -0.05) is 30.3 Å². The number of rotatable bonds is 11. The van der Waals surface area contributed by atoms with Crippen molar-refractivity contribution in [2.45, 2.75) is 27.3 Å². The lowest BCUT2D eigenvalue weighted by Gasteiger charge is -2.33. The first-order valence-corrected chi connectivity index (χ1v) is 13.2. The summed E-state index contributed by atoms with van der Waals surface area (Å²) in [5, 5.41) is 3.00. The molecule has 37 heavy (non-hydrogen) atoms. The Morgan fingerprint density at radius 1 is 0.838 bits per heavy atom. The molecule has 3 aromatic rings. The number of quaternary nitrogens is 1. The van der Waals surface area contributed by atoms with Gasteiger partial charge in [-0.05, 0) is 57.2 Å². The van der Waals surface area contributed by atoms with E-state index in [1.165, 1.54) is 11.3 Å². The second-order valence-corrected chi connectivity index (χ2v) is 9.00. The maximum atomic E-state index is 13.1. The molecule has 1 aliphatic heterocycles. The summed E-state index contributed by atoms with van der Waals surface area (Å²) in [5.74, 6) is 1.31. The minimum absolute atomic E-state index is 0.226. The lowest BCUT2D eigenvalue weighted by Crippen LogP contribution is -3.13. The molecule has 1 heterocycles. The van der Waals surface area contributed by atoms with E-state index in [0.29, 0.717) is 42.6 Å². The highest BCUT2D eigenvalue weighted by atomic mass is 16.5. The van der Waals surface area contributed by atoms with Gasteiger partial charge in [0.25, 0.3) is 5.91 Å². The van der Waals surface area contributed by atoms with Crippen LogP contribution in [-0.4, -0.2) is 51.9 Å². The fourth-order valence-corrected chi connectivity index (χ4v) is 4.62. The number of anilines is 2. The zero-order valence-electron chi connectivity index (χ0n) is 22.1. The van der Waals surface area contributed by atoms with Crippen molar-refractivity contribution in [3.05, 3.63) is 77.9 Å². The van der Waals surface area contributed by atoms with Crippen molar-refractivity contribution >= 4 is 17.3 Å². The van der Waals surface area contributed by atoms with Crippen molar-refractivity contribution in [1.82, 2.24) is 0 Å². The van der Waals surface area contributed by atoms with Crippen LogP contribution in [0.15, 0.2) is 66.7 Å². The van der Waals surface area contributed by atoms with E-state index in [1.807, 2.05) is 32.9 Å². The largest absolute Gasteiger partial charge is 0.490 e. The van der Waals surface area contributed by atoms with Gasteiger partial charge in [0.15, 0.2) is 11.5 Å². The molecule has 2 N–H and O–H groups in total. The molecule has 0 unspecified atom stereocenters. The highest BCUT2D eigenvalue weighted by Crippen LogP contribution is 2.39. The van der Waals surface area contributed by atoms with Gasteiger partial charge in [-0.3, -0.25) is 4.79 Å². The molecule has 1 amide bonds. The number of ether oxygens (including phenoxy) is 3. The Kier molecular flexibility index (Phi) is 9.27. The molecule has 0 aromatic heterocycles. The summed E-state index contributed by atoms with van der Waals surface area (Å²) < 4.78 is 17.2. The molecule has 1 aliphatic rings. The van der Waals surface area contributed by atoms with Crippen LogP contribution in [-0.2, 0) is 6.54 Å². The first-order valence-electron chi connectivity index (χ1n) is 13.2. The van der Waals surface area contributed by atoms with Crippen molar-refractivity contribution < 1.29 is 23.9 Å². The van der Waals surface area contributed by atoms with Gasteiger partial charge in [-0.15, -0.1) is 0 Å². The number of nitrogens with zero attached hydrogens (tertiary/aromatic N) is 1. The average molecular weight is 505 g/mol. The highest BCUT2D eigenvalue weighted by Gasteiger charge is 2.21. The van der Waals surface area contributed by atoms with Crippen LogP contribution in [0.4, 0.5) is 11.4 Å². The van der Waals surface area contributed by atoms with Gasteiger partial charge in [-0.2, -0.15) is 0 Å². The van der Waals surface area contributed by atoms with Crippen LogP contribution in [0.25, 0.3) is 0 Å². The zero-order chi connectivity index (χ0) is 26.0. The van der Waals surface area contributed by atoms with Gasteiger partial charge in [0.1, 0.15) is 6.54 Å². The molecule has 0 aliphatic carbocycles. The highest BCUT2D eigenvalue weighted by molar-refractivity contribution is 6.05. The molecule has 0 atom stereocenters. The standard InChI is InChI=1S/C30H37N3O4/c1-4-35-27-20-24(21-28(36-5-2)29(27)37-6-3)30(34)31-25-12-14-26(15-13-25)33-18-16-32(17-19-33)22-23-10-8-7-9-11-23/h7-15,20-21H,4-6,16-19,22H2,1-3H3,(H,31,34)/p+1. The molecular formula is C30H38N3O4+. The van der Waals surface area contributed by atoms with Crippen molar-refractivity contribution in [3.8, 4) is 17.2 Å². The summed E-state index contributed by atoms with van der Waals surface area (Å²) in [5.41, 5.74) is 3.76. The number of hydrogen-bond acceptors (Lipinski definition) is 5. The lowest BCUT2D eigenvalue weighted by atomic mass is 10.1. The van der Waals surface area contributed by atoms with Gasteiger partial charge in [0.2, 0.25) is 5.75 Å². The van der Waals surface area contributed by atoms with Crippen LogP contribution < -0.4 is 29.3 Å². The predicted molar refractivity (Wildman–Crippen MR) is 147 cm³/mol. The third kappa shape index (κ3) is 6.95. The smallest absolute Gasteiger partial charge is 0.255 e. The van der Waals surface area contributed by atoms with Gasteiger partial charge in [0.05, 0.1) is 46.0 Å². The lowest BCUT2D eigenvalue weighted by molar-refractivity contribution is -0.914. The van der Waals surface area contributed by atoms with Crippen LogP contribution in [0.5, 0.6) is 17.2 Å². The summed E-state index contributed by atoms with van der Waals surface area (Å²) in [7, 11) is 0. The van der Waals surface area contributed by atoms with E-state index in [0.717, 1.165) is 38.4 Å². The van der Waals surface area contributed by atoms with Crippen molar-refractivity contribution in [3.63, 3.8) is 0 Å². The Bertz CT molecular complexity index is 1120. The number of benzene rings is 3. The van der Waals surface area contributed by atoms with Gasteiger partial charge < -0.3 is 29.3 Å². The molecule has 1 saturated heterocycles. The summed E-state index contributed by atoms with van der Waals surface area (Å²) in [4.78, 5) is 17.1. The minimum Gasteiger partial charge on any atom is -0.490 e. The molecule has 0 radical (unpaired) electrons. The fourth-order valence-electron chi connectivity index (χ4n) is 4.62. The zero-order valence-corrected chi connectivity index (χ0v) is 22.1. The first kappa shape index (κ1) is 26.4. The number of piperazine rings is 1. The second-order valence-electron chi connectivity index (χ2n) is 9.00. The maximum absolute atomic E-state index is 13.1. The van der Waals surface area contributed by atoms with Crippen molar-refractivity contribution in [2.75, 3.05) is 56.2 Å². The van der Waals surface area contributed by atoms with Crippen LogP contribution in [0.1, 0.15) is 36.7 Å². The number of amides is 1. The summed E-state index contributed by atoms with van der Waals surface area (Å²) in [6, 6.07) is 22.2. The molecule has 0 spiro atoms. The number of carbonyl (C=O) groups excluding carboxylic acids is 1. The summed E-state index contributed by atoms with van der Waals surface area (Å²) >= 11 is 0. The molecule has 4 rings (SSSR count). The van der Waals surface area contributed by atoms with Crippen LogP contribution in [0.3, 0.4) is 0 Å². The predicted octanol–water partition coefficient (Wildman–Crippen LogP) is 4.04. The molecule has 1 fully saturated rings. The second kappa shape index (κ2) is 13.0. The molecule has 196 valence electrons. The Morgan fingerprint density at radius 3 is 2.00 bits per heavy atom. The topological polar surface area (TPSA) is 64.5 Å². The van der Waals surface area contributed by atoms with E-state index in [-0.39, 0.29) is 5.91 Å². The third-order valence-electron chi connectivity index (χ3n) is 6.43. The molecule has 7 heteroatoms.